The summed E-state index contributed by atoms with van der Waals surface area (Å²) in [6, 6.07) is 14.0. The summed E-state index contributed by atoms with van der Waals surface area (Å²) in [5, 5.41) is 22.2. The van der Waals surface area contributed by atoms with Gasteiger partial charge in [0.05, 0.1) is 12.7 Å². The summed E-state index contributed by atoms with van der Waals surface area (Å²) in [5.41, 5.74) is 3.89. The molecule has 1 saturated carbocycles. The maximum absolute atomic E-state index is 13.6. The fourth-order valence-corrected chi connectivity index (χ4v) is 5.37. The molecule has 1 fully saturated rings. The zero-order valence-electron chi connectivity index (χ0n) is 21.9. The van der Waals surface area contributed by atoms with Crippen molar-refractivity contribution in [2.75, 3.05) is 14.2 Å². The molecule has 1 amide bonds. The largest absolute Gasteiger partial charge is 0.496 e. The monoisotopic (exact) mass is 566 g/mol. The van der Waals surface area contributed by atoms with Crippen LogP contribution in [-0.2, 0) is 24.4 Å². The number of amides is 1. The molecular formula is C28H28BFN2O7S. The van der Waals surface area contributed by atoms with E-state index in [1.54, 1.807) is 24.3 Å². The van der Waals surface area contributed by atoms with E-state index in [1.807, 2.05) is 6.07 Å². The topological polar surface area (TPSA) is 132 Å². The standard InChI is InChI=1S/C28H28BFN2O7S/c1-31-28(33)26-23-13-22(16-3-4-16)19(11-25(23)39-27(26)17-6-9-21(30)10-7-17)15-32(40(36)37)14-18-5-8-20(29(34)35)12-24(18)38-2/h5-13,16,34-35H,3-4,14-15H2,1-2H3,(H,31,33)(H,36,37). The minimum atomic E-state index is -2.35. The molecule has 0 aliphatic heterocycles. The Balaban J connectivity index is 1.56. The first-order valence-electron chi connectivity index (χ1n) is 12.7. The normalized spacial score (nSPS) is 14.0. The highest BCUT2D eigenvalue weighted by molar-refractivity contribution is 7.76. The zero-order valence-corrected chi connectivity index (χ0v) is 22.7. The van der Waals surface area contributed by atoms with Crippen molar-refractivity contribution in [2.24, 2.45) is 0 Å². The summed E-state index contributed by atoms with van der Waals surface area (Å²) in [6.07, 6.45) is 1.91. The van der Waals surface area contributed by atoms with Gasteiger partial charge >= 0.3 is 7.12 Å². The van der Waals surface area contributed by atoms with Crippen LogP contribution in [0.2, 0.25) is 0 Å². The molecule has 0 radical (unpaired) electrons. The molecule has 1 aromatic heterocycles. The van der Waals surface area contributed by atoms with Crippen LogP contribution >= 0.6 is 0 Å². The van der Waals surface area contributed by atoms with Gasteiger partial charge < -0.3 is 24.5 Å². The zero-order chi connectivity index (χ0) is 28.6. The minimum absolute atomic E-state index is 0.0404. The van der Waals surface area contributed by atoms with Crippen molar-refractivity contribution in [3.8, 4) is 17.1 Å². The van der Waals surface area contributed by atoms with E-state index >= 15 is 0 Å². The number of ether oxygens (including phenoxy) is 1. The summed E-state index contributed by atoms with van der Waals surface area (Å²) in [7, 11) is 1.29. The number of nitrogens with zero attached hydrogens (tertiary/aromatic N) is 1. The van der Waals surface area contributed by atoms with Gasteiger partial charge in [-0.2, -0.15) is 4.31 Å². The van der Waals surface area contributed by atoms with Gasteiger partial charge in [-0.1, -0.05) is 12.1 Å². The highest BCUT2D eigenvalue weighted by atomic mass is 32.2. The molecule has 12 heteroatoms. The highest BCUT2D eigenvalue weighted by Gasteiger charge is 2.31. The molecule has 1 aliphatic carbocycles. The number of carbonyl (C=O) groups excluding carboxylic acids is 1. The molecule has 1 unspecified atom stereocenters. The van der Waals surface area contributed by atoms with Gasteiger partial charge in [-0.25, -0.2) is 8.60 Å². The first-order chi connectivity index (χ1) is 19.2. The molecule has 0 spiro atoms. The van der Waals surface area contributed by atoms with Crippen LogP contribution in [0, 0.1) is 5.82 Å². The summed E-state index contributed by atoms with van der Waals surface area (Å²) >= 11 is -2.35. The van der Waals surface area contributed by atoms with E-state index < -0.39 is 24.2 Å². The molecule has 5 rings (SSSR count). The Labute approximate surface area is 233 Å². The molecule has 9 nitrogen and oxygen atoms in total. The number of hydrogen-bond acceptors (Lipinski definition) is 6. The maximum atomic E-state index is 13.6. The van der Waals surface area contributed by atoms with Crippen molar-refractivity contribution >= 4 is 40.7 Å². The van der Waals surface area contributed by atoms with Crippen molar-refractivity contribution in [3.63, 3.8) is 0 Å². The van der Waals surface area contributed by atoms with Crippen LogP contribution < -0.4 is 15.5 Å². The van der Waals surface area contributed by atoms with Crippen molar-refractivity contribution < 1.29 is 37.1 Å². The van der Waals surface area contributed by atoms with Gasteiger partial charge in [0.25, 0.3) is 5.91 Å². The summed E-state index contributed by atoms with van der Waals surface area (Å²) in [4.78, 5) is 13.0. The maximum Gasteiger partial charge on any atom is 0.488 e. The number of fused-ring (bicyclic) bond motifs is 1. The predicted molar refractivity (Wildman–Crippen MR) is 150 cm³/mol. The second-order valence-corrected chi connectivity index (χ2v) is 10.7. The smallest absolute Gasteiger partial charge is 0.488 e. The van der Waals surface area contributed by atoms with E-state index in [1.165, 1.54) is 42.7 Å². The lowest BCUT2D eigenvalue weighted by Crippen LogP contribution is -2.30. The lowest BCUT2D eigenvalue weighted by atomic mass is 9.80. The third kappa shape index (κ3) is 5.67. The van der Waals surface area contributed by atoms with E-state index in [0.717, 1.165) is 24.0 Å². The molecule has 40 heavy (non-hydrogen) atoms. The average molecular weight is 566 g/mol. The molecule has 1 atom stereocenters. The Morgan fingerprint density at radius 1 is 1.12 bits per heavy atom. The first kappa shape index (κ1) is 28.0. The lowest BCUT2D eigenvalue weighted by Gasteiger charge is -2.21. The molecule has 1 aliphatic rings. The van der Waals surface area contributed by atoms with Gasteiger partial charge in [0.15, 0.2) is 0 Å². The third-order valence-corrected chi connectivity index (χ3v) is 7.75. The third-order valence-electron chi connectivity index (χ3n) is 7.05. The Morgan fingerprint density at radius 3 is 2.42 bits per heavy atom. The average Bonchev–Trinajstić information content (AvgIpc) is 3.72. The number of carbonyl (C=O) groups is 1. The Morgan fingerprint density at radius 2 is 1.82 bits per heavy atom. The second-order valence-electron chi connectivity index (χ2n) is 9.69. The molecule has 4 aromatic rings. The number of furan rings is 1. The van der Waals surface area contributed by atoms with Crippen LogP contribution in [0.3, 0.4) is 0 Å². The van der Waals surface area contributed by atoms with Gasteiger partial charge in [0, 0.05) is 36.7 Å². The molecule has 4 N–H and O–H groups in total. The molecule has 0 bridgehead atoms. The number of nitrogens with one attached hydrogen (secondary N) is 1. The Kier molecular flexibility index (Phi) is 8.06. The number of hydrogen-bond donors (Lipinski definition) is 4. The Bertz CT molecular complexity index is 1590. The number of benzene rings is 3. The molecular weight excluding hydrogens is 538 g/mol. The van der Waals surface area contributed by atoms with Gasteiger partial charge in [-0.05, 0) is 77.8 Å². The van der Waals surface area contributed by atoms with Crippen LogP contribution in [0.15, 0.2) is 59.0 Å². The van der Waals surface area contributed by atoms with E-state index in [4.69, 9.17) is 9.15 Å². The molecule has 0 saturated heterocycles. The van der Waals surface area contributed by atoms with E-state index in [2.05, 4.69) is 5.32 Å². The van der Waals surface area contributed by atoms with Gasteiger partial charge in [-0.15, -0.1) is 0 Å². The van der Waals surface area contributed by atoms with E-state index in [0.29, 0.717) is 39.2 Å². The number of methoxy groups -OCH3 is 1. The summed E-state index contributed by atoms with van der Waals surface area (Å²) < 4.78 is 49.1. The van der Waals surface area contributed by atoms with Gasteiger partial charge in [-0.3, -0.25) is 9.35 Å². The van der Waals surface area contributed by atoms with Crippen molar-refractivity contribution in [3.05, 3.63) is 82.7 Å². The second kappa shape index (κ2) is 11.5. The minimum Gasteiger partial charge on any atom is -0.496 e. The fraction of sp³-hybridized carbons (Fsp3) is 0.250. The van der Waals surface area contributed by atoms with Gasteiger partial charge in [0.2, 0.25) is 11.3 Å². The van der Waals surface area contributed by atoms with E-state index in [9.17, 15) is 28.0 Å². The first-order valence-corrected chi connectivity index (χ1v) is 13.7. The van der Waals surface area contributed by atoms with Crippen molar-refractivity contribution in [2.45, 2.75) is 31.8 Å². The van der Waals surface area contributed by atoms with Crippen molar-refractivity contribution in [1.29, 1.82) is 0 Å². The fourth-order valence-electron chi connectivity index (χ4n) is 4.87. The van der Waals surface area contributed by atoms with Crippen molar-refractivity contribution in [1.82, 2.24) is 9.62 Å². The molecule has 1 heterocycles. The van der Waals surface area contributed by atoms with Crippen LogP contribution in [0.25, 0.3) is 22.3 Å². The predicted octanol–water partition coefficient (Wildman–Crippen LogP) is 3.30. The Hall–Kier alpha value is -3.55. The van der Waals surface area contributed by atoms with E-state index in [-0.39, 0.29) is 30.4 Å². The number of rotatable bonds is 10. The lowest BCUT2D eigenvalue weighted by molar-refractivity contribution is 0.0964. The van der Waals surface area contributed by atoms with Crippen LogP contribution in [0.1, 0.15) is 45.8 Å². The van der Waals surface area contributed by atoms with Crippen LogP contribution in [0.5, 0.6) is 5.75 Å². The number of halogens is 1. The summed E-state index contributed by atoms with van der Waals surface area (Å²) in [5.74, 6) is 0.163. The quantitative estimate of drug-likeness (QED) is 0.171. The van der Waals surface area contributed by atoms with Crippen LogP contribution in [-0.4, -0.2) is 50.3 Å². The molecule has 3 aromatic carbocycles. The van der Waals surface area contributed by atoms with Crippen LogP contribution in [0.4, 0.5) is 4.39 Å². The van der Waals surface area contributed by atoms with Gasteiger partial charge in [0.1, 0.15) is 22.9 Å². The SMILES string of the molecule is CNC(=O)c1c(-c2ccc(F)cc2)oc2cc(CN(Cc3ccc(B(O)O)cc3OC)S(=O)O)c(C3CC3)cc12. The molecule has 208 valence electrons. The highest BCUT2D eigenvalue weighted by Crippen LogP contribution is 2.45. The summed E-state index contributed by atoms with van der Waals surface area (Å²) in [6.45, 7) is 0.138.